The van der Waals surface area contributed by atoms with E-state index in [0.717, 1.165) is 47.6 Å². The van der Waals surface area contributed by atoms with Gasteiger partial charge in [-0.15, -0.1) is 0 Å². The monoisotopic (exact) mass is 474 g/mol. The Kier molecular flexibility index (Phi) is 5.52. The van der Waals surface area contributed by atoms with Crippen LogP contribution in [-0.2, 0) is 20.5 Å². The van der Waals surface area contributed by atoms with Crippen LogP contribution in [0.15, 0.2) is 36.4 Å². The van der Waals surface area contributed by atoms with Gasteiger partial charge in [-0.3, -0.25) is 4.79 Å². The molecule has 2 aromatic rings. The van der Waals surface area contributed by atoms with Gasteiger partial charge in [0, 0.05) is 13.0 Å². The normalized spacial score (nSPS) is 27.2. The number of nitrogens with zero attached hydrogens (tertiary/aromatic N) is 1. The maximum Gasteiger partial charge on any atom is 0.229 e. The molecule has 2 aromatic carbocycles. The Morgan fingerprint density at radius 3 is 2.44 bits per heavy atom. The molecule has 4 rings (SSSR count). The zero-order valence-electron chi connectivity index (χ0n) is 16.8. The van der Waals surface area contributed by atoms with E-state index in [1.807, 2.05) is 0 Å². The topological polar surface area (TPSA) is 66.5 Å². The first-order chi connectivity index (χ1) is 14.9. The summed E-state index contributed by atoms with van der Waals surface area (Å²) in [7, 11) is -3.62. The molecule has 1 aliphatic heterocycles. The van der Waals surface area contributed by atoms with E-state index in [4.69, 9.17) is 0 Å². The average molecular weight is 474 g/mol. The minimum Gasteiger partial charge on any atom is -0.332 e. The van der Waals surface area contributed by atoms with Gasteiger partial charge in [0.2, 0.25) is 15.9 Å². The molecule has 1 heterocycles. The van der Waals surface area contributed by atoms with Gasteiger partial charge in [-0.25, -0.2) is 35.1 Å². The lowest BCUT2D eigenvalue weighted by Crippen LogP contribution is -2.64. The number of likely N-dealkylation sites (tertiary alicyclic amines) is 1. The van der Waals surface area contributed by atoms with Gasteiger partial charge in [-0.2, -0.15) is 0 Å². The fourth-order valence-electron chi connectivity index (χ4n) is 4.09. The lowest BCUT2D eigenvalue weighted by Gasteiger charge is -2.44. The van der Waals surface area contributed by atoms with Crippen LogP contribution in [-0.4, -0.2) is 50.8 Å². The highest BCUT2D eigenvalue weighted by atomic mass is 32.2. The second-order valence-corrected chi connectivity index (χ2v) is 9.93. The number of sulfonamides is 1. The number of hydrogen-bond acceptors (Lipinski definition) is 3. The quantitative estimate of drug-likeness (QED) is 0.655. The van der Waals surface area contributed by atoms with Crippen molar-refractivity contribution in [1.29, 1.82) is 0 Å². The molecule has 0 unspecified atom stereocenters. The van der Waals surface area contributed by atoms with Gasteiger partial charge in [-0.05, 0) is 35.4 Å². The largest absolute Gasteiger partial charge is 0.332 e. The van der Waals surface area contributed by atoms with Crippen molar-refractivity contribution in [3.63, 3.8) is 0 Å². The highest BCUT2D eigenvalue weighted by Gasteiger charge is 2.64. The summed E-state index contributed by atoms with van der Waals surface area (Å²) in [6.07, 6.45) is -0.925. The van der Waals surface area contributed by atoms with E-state index in [1.54, 1.807) is 0 Å². The van der Waals surface area contributed by atoms with Crippen molar-refractivity contribution in [2.24, 2.45) is 5.92 Å². The van der Waals surface area contributed by atoms with Gasteiger partial charge >= 0.3 is 0 Å². The predicted molar refractivity (Wildman–Crippen MR) is 106 cm³/mol. The van der Waals surface area contributed by atoms with Gasteiger partial charge in [0.25, 0.3) is 0 Å². The first-order valence-electron chi connectivity index (χ1n) is 9.75. The number of nitrogens with one attached hydrogen (secondary N) is 1. The lowest BCUT2D eigenvalue weighted by molar-refractivity contribution is -0.147. The number of amides is 1. The Labute approximate surface area is 181 Å². The molecule has 0 bridgehead atoms. The molecule has 0 spiro atoms. The van der Waals surface area contributed by atoms with Gasteiger partial charge in [0.15, 0.2) is 0 Å². The van der Waals surface area contributed by atoms with Crippen LogP contribution in [0.4, 0.5) is 22.0 Å². The Hall–Kier alpha value is -2.53. The summed E-state index contributed by atoms with van der Waals surface area (Å²) in [6, 6.07) is 4.71. The maximum atomic E-state index is 15.8. The molecule has 1 aliphatic carbocycles. The van der Waals surface area contributed by atoms with E-state index in [2.05, 4.69) is 4.72 Å². The summed E-state index contributed by atoms with van der Waals surface area (Å²) >= 11 is 0. The minimum atomic E-state index is -3.62. The Morgan fingerprint density at radius 2 is 1.84 bits per heavy atom. The van der Waals surface area contributed by atoms with Crippen molar-refractivity contribution in [2.75, 3.05) is 19.3 Å². The molecule has 172 valence electrons. The van der Waals surface area contributed by atoms with Gasteiger partial charge in [-0.1, -0.05) is 12.1 Å². The first-order valence-corrected chi connectivity index (χ1v) is 11.6. The SMILES string of the molecule is CS(=O)(=O)NC[C@@H]1[C@H](F)CN1C(=O)[C@@H]1C[C@@]1(F)c1ccc(F)cc1-c1c(F)cccc1F. The van der Waals surface area contributed by atoms with Crippen molar-refractivity contribution in [3.8, 4) is 11.1 Å². The third kappa shape index (κ3) is 3.99. The third-order valence-electron chi connectivity index (χ3n) is 5.88. The Bertz CT molecular complexity index is 1170. The van der Waals surface area contributed by atoms with Crippen molar-refractivity contribution in [1.82, 2.24) is 9.62 Å². The van der Waals surface area contributed by atoms with Crippen LogP contribution in [0.1, 0.15) is 12.0 Å². The number of hydrogen-bond donors (Lipinski definition) is 1. The molecule has 1 amide bonds. The van der Waals surface area contributed by atoms with Gasteiger partial charge in [0.1, 0.15) is 29.3 Å². The van der Waals surface area contributed by atoms with Crippen molar-refractivity contribution in [3.05, 3.63) is 59.4 Å². The number of carbonyl (C=O) groups excluding carboxylic acids is 1. The Balaban J connectivity index is 1.61. The van der Waals surface area contributed by atoms with Crippen LogP contribution in [0.25, 0.3) is 11.1 Å². The van der Waals surface area contributed by atoms with Crippen LogP contribution < -0.4 is 4.72 Å². The number of benzene rings is 2. The van der Waals surface area contributed by atoms with Crippen molar-refractivity contribution < 1.29 is 35.2 Å². The fraction of sp³-hybridized carbons (Fsp3) is 0.381. The molecule has 2 aliphatic rings. The van der Waals surface area contributed by atoms with E-state index in [-0.39, 0.29) is 30.6 Å². The first kappa shape index (κ1) is 22.7. The second-order valence-electron chi connectivity index (χ2n) is 8.10. The fourth-order valence-corrected chi connectivity index (χ4v) is 4.56. The molecule has 0 aromatic heterocycles. The molecule has 4 atom stereocenters. The summed E-state index contributed by atoms with van der Waals surface area (Å²) in [5.41, 5.74) is -3.53. The molecule has 11 heteroatoms. The van der Waals surface area contributed by atoms with Gasteiger partial charge in [0.05, 0.1) is 30.3 Å². The standard InChI is InChI=1S/C21H19F5N2O3S/c1-32(30,31)27-9-18-17(25)10-28(18)20(29)14-8-21(14,26)13-6-5-11(22)7-12(13)19-15(23)3-2-4-16(19)24/h2-7,14,17-18,27H,8-10H2,1H3/t14-,17+,18+,21+/m0/s1. The zero-order valence-corrected chi connectivity index (χ0v) is 17.6. The van der Waals surface area contributed by atoms with Crippen LogP contribution in [0.2, 0.25) is 0 Å². The van der Waals surface area contributed by atoms with E-state index < -0.39 is 62.7 Å². The van der Waals surface area contributed by atoms with Crippen molar-refractivity contribution in [2.45, 2.75) is 24.3 Å². The second kappa shape index (κ2) is 7.80. The summed E-state index contributed by atoms with van der Waals surface area (Å²) in [5, 5.41) is 0. The molecule has 1 saturated heterocycles. The zero-order chi connectivity index (χ0) is 23.4. The Morgan fingerprint density at radius 1 is 1.19 bits per heavy atom. The molecular formula is C21H19F5N2O3S. The molecule has 5 nitrogen and oxygen atoms in total. The van der Waals surface area contributed by atoms with E-state index in [0.29, 0.717) is 0 Å². The number of rotatable bonds is 6. The molecule has 0 radical (unpaired) electrons. The van der Waals surface area contributed by atoms with Crippen LogP contribution in [0.5, 0.6) is 0 Å². The van der Waals surface area contributed by atoms with Crippen LogP contribution in [0.3, 0.4) is 0 Å². The molecule has 1 N–H and O–H groups in total. The van der Waals surface area contributed by atoms with Crippen LogP contribution >= 0.6 is 0 Å². The number of alkyl halides is 2. The predicted octanol–water partition coefficient (Wildman–Crippen LogP) is 3.05. The number of carbonyl (C=O) groups is 1. The molecule has 1 saturated carbocycles. The summed E-state index contributed by atoms with van der Waals surface area (Å²) in [5.74, 6) is -4.88. The van der Waals surface area contributed by atoms with Crippen molar-refractivity contribution >= 4 is 15.9 Å². The van der Waals surface area contributed by atoms with Gasteiger partial charge < -0.3 is 4.90 Å². The van der Waals surface area contributed by atoms with E-state index >= 15 is 4.39 Å². The van der Waals surface area contributed by atoms with Crippen LogP contribution in [0, 0.1) is 23.4 Å². The molecule has 32 heavy (non-hydrogen) atoms. The van der Waals surface area contributed by atoms with E-state index in [1.165, 1.54) is 0 Å². The molecule has 2 fully saturated rings. The lowest BCUT2D eigenvalue weighted by atomic mass is 9.92. The average Bonchev–Trinajstić information content (AvgIpc) is 3.37. The smallest absolute Gasteiger partial charge is 0.229 e. The highest BCUT2D eigenvalue weighted by Crippen LogP contribution is 2.59. The third-order valence-corrected chi connectivity index (χ3v) is 6.57. The van der Waals surface area contributed by atoms with E-state index in [9.17, 15) is 30.8 Å². The number of halogens is 5. The maximum absolute atomic E-state index is 15.8. The summed E-state index contributed by atoms with van der Waals surface area (Å²) in [6.45, 7) is -0.681. The molecular weight excluding hydrogens is 455 g/mol. The summed E-state index contributed by atoms with van der Waals surface area (Å²) < 4.78 is 96.9. The summed E-state index contributed by atoms with van der Waals surface area (Å²) in [4.78, 5) is 13.9. The minimum absolute atomic E-state index is 0.246. The highest BCUT2D eigenvalue weighted by molar-refractivity contribution is 7.88.